The topological polar surface area (TPSA) is 47.3 Å². The van der Waals surface area contributed by atoms with Gasteiger partial charge in [-0.3, -0.25) is 0 Å². The van der Waals surface area contributed by atoms with Gasteiger partial charge in [-0.05, 0) is 6.42 Å². The molecule has 0 fully saturated rings. The van der Waals surface area contributed by atoms with Crippen molar-refractivity contribution in [1.29, 1.82) is 0 Å². The fourth-order valence-electron chi connectivity index (χ4n) is 0.260. The zero-order valence-corrected chi connectivity index (χ0v) is 5.18. The summed E-state index contributed by atoms with van der Waals surface area (Å²) in [6, 6.07) is 0. The maximum atomic E-state index is 5.13. The molecule has 0 unspecified atom stereocenters. The molecule has 0 spiro atoms. The molecule has 0 amide bonds. The molecule has 0 heterocycles. The summed E-state index contributed by atoms with van der Waals surface area (Å²) in [4.78, 5) is 4.79. The summed E-state index contributed by atoms with van der Waals surface area (Å²) in [6.07, 6.45) is 0.963. The summed E-state index contributed by atoms with van der Waals surface area (Å²) in [5, 5.41) is 0. The van der Waals surface area contributed by atoms with Crippen molar-refractivity contribution in [1.82, 2.24) is 5.48 Å². The van der Waals surface area contributed by atoms with Crippen LogP contribution in [0.4, 0.5) is 0 Å². The predicted molar refractivity (Wildman–Crippen MR) is 32.7 cm³/mol. The molecule has 3 nitrogen and oxygen atoms in total. The molecular weight excluding hydrogens is 104 g/mol. The molecule has 0 aliphatic heterocycles. The van der Waals surface area contributed by atoms with Crippen LogP contribution in [0.1, 0.15) is 13.3 Å². The SMILES string of the molecule is CC[CH]NOCCN. The van der Waals surface area contributed by atoms with Gasteiger partial charge in [0, 0.05) is 13.1 Å². The maximum Gasteiger partial charge on any atom is 0.0804 e. The third-order valence-electron chi connectivity index (χ3n) is 0.591. The van der Waals surface area contributed by atoms with Gasteiger partial charge >= 0.3 is 0 Å². The van der Waals surface area contributed by atoms with Gasteiger partial charge in [-0.25, -0.2) is 0 Å². The zero-order chi connectivity index (χ0) is 6.24. The molecule has 0 saturated carbocycles. The first-order chi connectivity index (χ1) is 3.91. The van der Waals surface area contributed by atoms with Crippen molar-refractivity contribution in [2.75, 3.05) is 13.2 Å². The first-order valence-corrected chi connectivity index (χ1v) is 2.81. The monoisotopic (exact) mass is 117 g/mol. The third-order valence-corrected chi connectivity index (χ3v) is 0.591. The normalized spacial score (nSPS) is 9.75. The molecule has 3 N–H and O–H groups in total. The van der Waals surface area contributed by atoms with Crippen molar-refractivity contribution < 1.29 is 4.84 Å². The minimum atomic E-state index is 0.560. The highest BCUT2D eigenvalue weighted by atomic mass is 16.6. The zero-order valence-electron chi connectivity index (χ0n) is 5.18. The van der Waals surface area contributed by atoms with E-state index >= 15 is 0 Å². The number of nitrogens with one attached hydrogen (secondary N) is 1. The van der Waals surface area contributed by atoms with E-state index in [1.54, 1.807) is 0 Å². The summed E-state index contributed by atoms with van der Waals surface area (Å²) in [6.45, 7) is 4.98. The van der Waals surface area contributed by atoms with Crippen LogP contribution in [0.15, 0.2) is 0 Å². The Morgan fingerprint density at radius 3 is 3.00 bits per heavy atom. The lowest BCUT2D eigenvalue weighted by Gasteiger charge is -1.99. The van der Waals surface area contributed by atoms with Crippen molar-refractivity contribution >= 4 is 0 Å². The van der Waals surface area contributed by atoms with Crippen molar-refractivity contribution in [3.8, 4) is 0 Å². The van der Waals surface area contributed by atoms with E-state index in [0.717, 1.165) is 6.42 Å². The molecule has 0 aliphatic rings. The van der Waals surface area contributed by atoms with Crippen LogP contribution in [-0.4, -0.2) is 13.2 Å². The lowest BCUT2D eigenvalue weighted by atomic mass is 10.5. The minimum Gasteiger partial charge on any atom is -0.328 e. The predicted octanol–water partition coefficient (Wildman–Crippen LogP) is 0.0381. The Morgan fingerprint density at radius 1 is 1.75 bits per heavy atom. The standard InChI is InChI=1S/C5H13N2O/c1-2-4-7-8-5-3-6/h4,7H,2-3,5-6H2,1H3. The van der Waals surface area contributed by atoms with Gasteiger partial charge in [0.25, 0.3) is 0 Å². The van der Waals surface area contributed by atoms with Crippen molar-refractivity contribution in [3.05, 3.63) is 6.54 Å². The number of hydrogen-bond donors (Lipinski definition) is 2. The Labute approximate surface area is 50.2 Å². The molecule has 0 aromatic heterocycles. The van der Waals surface area contributed by atoms with Gasteiger partial charge in [-0.1, -0.05) is 6.92 Å². The van der Waals surface area contributed by atoms with Gasteiger partial charge in [0.2, 0.25) is 0 Å². The van der Waals surface area contributed by atoms with E-state index in [1.807, 2.05) is 13.5 Å². The Balaban J connectivity index is 2.53. The molecule has 0 aromatic rings. The number of rotatable bonds is 5. The molecule has 8 heavy (non-hydrogen) atoms. The van der Waals surface area contributed by atoms with Crippen LogP contribution < -0.4 is 11.2 Å². The minimum absolute atomic E-state index is 0.560. The van der Waals surface area contributed by atoms with Crippen LogP contribution in [0, 0.1) is 6.54 Å². The van der Waals surface area contributed by atoms with Crippen LogP contribution in [0.3, 0.4) is 0 Å². The molecule has 0 rings (SSSR count). The average molecular weight is 117 g/mol. The van der Waals surface area contributed by atoms with Gasteiger partial charge in [-0.15, -0.1) is 0 Å². The lowest BCUT2D eigenvalue weighted by Crippen LogP contribution is -2.17. The molecule has 0 saturated heterocycles. The van der Waals surface area contributed by atoms with Gasteiger partial charge in [0.15, 0.2) is 0 Å². The van der Waals surface area contributed by atoms with Gasteiger partial charge in [0.1, 0.15) is 0 Å². The molecule has 3 heteroatoms. The van der Waals surface area contributed by atoms with Crippen LogP contribution >= 0.6 is 0 Å². The van der Waals surface area contributed by atoms with Crippen LogP contribution in [-0.2, 0) is 4.84 Å². The summed E-state index contributed by atoms with van der Waals surface area (Å²) >= 11 is 0. The molecule has 0 aliphatic carbocycles. The summed E-state index contributed by atoms with van der Waals surface area (Å²) in [5.74, 6) is 0. The average Bonchev–Trinajstić information content (AvgIpc) is 1.81. The van der Waals surface area contributed by atoms with Gasteiger partial charge in [0.05, 0.1) is 6.61 Å². The van der Waals surface area contributed by atoms with E-state index < -0.39 is 0 Å². The highest BCUT2D eigenvalue weighted by Crippen LogP contribution is 1.76. The first-order valence-electron chi connectivity index (χ1n) is 2.81. The molecular formula is C5H13N2O. The van der Waals surface area contributed by atoms with Crippen molar-refractivity contribution in [3.63, 3.8) is 0 Å². The third kappa shape index (κ3) is 5.88. The summed E-state index contributed by atoms with van der Waals surface area (Å²) < 4.78 is 0. The summed E-state index contributed by atoms with van der Waals surface area (Å²) in [5.41, 5.74) is 7.76. The van der Waals surface area contributed by atoms with Gasteiger partial charge < -0.3 is 10.6 Å². The lowest BCUT2D eigenvalue weighted by molar-refractivity contribution is 0.0640. The number of hydroxylamine groups is 1. The molecule has 0 bridgehead atoms. The fourth-order valence-corrected chi connectivity index (χ4v) is 0.260. The van der Waals surface area contributed by atoms with Crippen molar-refractivity contribution in [2.45, 2.75) is 13.3 Å². The van der Waals surface area contributed by atoms with Crippen LogP contribution in [0.2, 0.25) is 0 Å². The largest absolute Gasteiger partial charge is 0.328 e. The van der Waals surface area contributed by atoms with Gasteiger partial charge in [-0.2, -0.15) is 5.48 Å². The Morgan fingerprint density at radius 2 is 2.50 bits per heavy atom. The molecule has 1 radical (unpaired) electrons. The summed E-state index contributed by atoms with van der Waals surface area (Å²) in [7, 11) is 0. The van der Waals surface area contributed by atoms with E-state index in [9.17, 15) is 0 Å². The maximum absolute atomic E-state index is 5.13. The number of hydrogen-bond acceptors (Lipinski definition) is 3. The van der Waals surface area contributed by atoms with Crippen LogP contribution in [0.5, 0.6) is 0 Å². The molecule has 49 valence electrons. The van der Waals surface area contributed by atoms with Crippen LogP contribution in [0.25, 0.3) is 0 Å². The Bertz CT molecular complexity index is 35.4. The highest BCUT2D eigenvalue weighted by molar-refractivity contribution is 4.47. The van der Waals surface area contributed by atoms with E-state index in [-0.39, 0.29) is 0 Å². The second kappa shape index (κ2) is 6.88. The number of nitrogens with two attached hydrogens (primary N) is 1. The van der Waals surface area contributed by atoms with E-state index in [2.05, 4.69) is 5.48 Å². The fraction of sp³-hybridized carbons (Fsp3) is 0.800. The molecule has 0 aromatic carbocycles. The molecule has 0 atom stereocenters. The second-order valence-electron chi connectivity index (χ2n) is 1.37. The van der Waals surface area contributed by atoms with E-state index in [0.29, 0.717) is 13.2 Å². The van der Waals surface area contributed by atoms with Crippen molar-refractivity contribution in [2.24, 2.45) is 5.73 Å². The Kier molecular flexibility index (Phi) is 6.78. The van der Waals surface area contributed by atoms with E-state index in [1.165, 1.54) is 0 Å². The van der Waals surface area contributed by atoms with E-state index in [4.69, 9.17) is 10.6 Å². The highest BCUT2D eigenvalue weighted by Gasteiger charge is 1.80. The quantitative estimate of drug-likeness (QED) is 0.395. The first kappa shape index (κ1) is 7.88. The second-order valence-corrected chi connectivity index (χ2v) is 1.37. The Hall–Kier alpha value is -0.120. The smallest absolute Gasteiger partial charge is 0.0804 e.